The van der Waals surface area contributed by atoms with Crippen LogP contribution < -0.4 is 10.6 Å². The van der Waals surface area contributed by atoms with Gasteiger partial charge in [-0.05, 0) is 36.2 Å². The van der Waals surface area contributed by atoms with E-state index in [0.29, 0.717) is 17.9 Å². The first-order chi connectivity index (χ1) is 12.1. The maximum absolute atomic E-state index is 12.9. The summed E-state index contributed by atoms with van der Waals surface area (Å²) in [6.07, 6.45) is 1.72. The van der Waals surface area contributed by atoms with E-state index >= 15 is 0 Å². The van der Waals surface area contributed by atoms with Gasteiger partial charge in [-0.25, -0.2) is 14.0 Å². The third-order valence-electron chi connectivity index (χ3n) is 3.49. The third-order valence-corrected chi connectivity index (χ3v) is 3.49. The number of hydrogen-bond acceptors (Lipinski definition) is 3. The fourth-order valence-corrected chi connectivity index (χ4v) is 2.11. The van der Waals surface area contributed by atoms with Gasteiger partial charge in [0.15, 0.2) is 0 Å². The van der Waals surface area contributed by atoms with Crippen molar-refractivity contribution in [2.24, 2.45) is 0 Å². The first kappa shape index (κ1) is 18.4. The third kappa shape index (κ3) is 5.91. The van der Waals surface area contributed by atoms with Crippen LogP contribution in [0.4, 0.5) is 14.9 Å². The Balaban J connectivity index is 1.93. The second-order valence-electron chi connectivity index (χ2n) is 5.47. The van der Waals surface area contributed by atoms with E-state index in [4.69, 9.17) is 4.74 Å². The van der Waals surface area contributed by atoms with Crippen LogP contribution in [0.2, 0.25) is 0 Å². The molecule has 0 aliphatic rings. The minimum absolute atomic E-state index is 0.245. The predicted octanol–water partition coefficient (Wildman–Crippen LogP) is 4.10. The average Bonchev–Trinajstić information content (AvgIpc) is 2.62. The van der Waals surface area contributed by atoms with E-state index in [-0.39, 0.29) is 12.4 Å². The number of esters is 1. The zero-order valence-electron chi connectivity index (χ0n) is 14.0. The topological polar surface area (TPSA) is 67.4 Å². The summed E-state index contributed by atoms with van der Waals surface area (Å²) in [6, 6.07) is 12.0. The number of amides is 2. The molecule has 0 aromatic heterocycles. The van der Waals surface area contributed by atoms with Crippen molar-refractivity contribution in [3.05, 3.63) is 65.5 Å². The summed E-state index contributed by atoms with van der Waals surface area (Å²) >= 11 is 0. The molecule has 6 heteroatoms. The van der Waals surface area contributed by atoms with Gasteiger partial charge in [0.1, 0.15) is 5.82 Å². The van der Waals surface area contributed by atoms with E-state index in [2.05, 4.69) is 10.6 Å². The van der Waals surface area contributed by atoms with Crippen molar-refractivity contribution in [2.45, 2.75) is 26.3 Å². The Bertz CT molecular complexity index is 717. The molecular weight excluding hydrogens is 323 g/mol. The number of carbonyl (C=O) groups is 2. The molecule has 0 spiro atoms. The van der Waals surface area contributed by atoms with Gasteiger partial charge < -0.3 is 15.4 Å². The Morgan fingerprint density at radius 1 is 1.08 bits per heavy atom. The van der Waals surface area contributed by atoms with Crippen LogP contribution in [0.3, 0.4) is 0 Å². The van der Waals surface area contributed by atoms with Crippen molar-refractivity contribution >= 4 is 17.7 Å². The molecule has 0 unspecified atom stereocenters. The molecule has 25 heavy (non-hydrogen) atoms. The molecule has 2 rings (SSSR count). The molecule has 2 N–H and O–H groups in total. The fraction of sp³-hybridized carbons (Fsp3) is 0.263. The van der Waals surface area contributed by atoms with Gasteiger partial charge >= 0.3 is 12.0 Å². The summed E-state index contributed by atoms with van der Waals surface area (Å²) in [7, 11) is 0. The van der Waals surface area contributed by atoms with Crippen LogP contribution in [0.15, 0.2) is 48.5 Å². The summed E-state index contributed by atoms with van der Waals surface area (Å²) in [4.78, 5) is 24.1. The van der Waals surface area contributed by atoms with Crippen molar-refractivity contribution in [2.75, 3.05) is 11.9 Å². The number of para-hydroxylation sites is 1. The Morgan fingerprint density at radius 2 is 1.80 bits per heavy atom. The van der Waals surface area contributed by atoms with Crippen molar-refractivity contribution in [3.8, 4) is 0 Å². The van der Waals surface area contributed by atoms with Gasteiger partial charge in [-0.3, -0.25) is 0 Å². The fourth-order valence-electron chi connectivity index (χ4n) is 2.11. The first-order valence-corrected chi connectivity index (χ1v) is 8.15. The van der Waals surface area contributed by atoms with Crippen molar-refractivity contribution in [1.29, 1.82) is 0 Å². The van der Waals surface area contributed by atoms with Gasteiger partial charge in [-0.15, -0.1) is 0 Å². The highest BCUT2D eigenvalue weighted by molar-refractivity contribution is 6.00. The number of nitrogens with one attached hydrogen (secondary N) is 2. The second kappa shape index (κ2) is 9.42. The van der Waals surface area contributed by atoms with Crippen molar-refractivity contribution in [3.63, 3.8) is 0 Å². The summed E-state index contributed by atoms with van der Waals surface area (Å²) in [5, 5.41) is 5.30. The second-order valence-corrected chi connectivity index (χ2v) is 5.47. The van der Waals surface area contributed by atoms with E-state index in [1.165, 1.54) is 12.1 Å². The molecule has 0 heterocycles. The number of rotatable bonds is 7. The molecule has 0 aliphatic carbocycles. The zero-order valence-corrected chi connectivity index (χ0v) is 14.0. The van der Waals surface area contributed by atoms with E-state index in [0.717, 1.165) is 18.4 Å². The lowest BCUT2D eigenvalue weighted by Gasteiger charge is -2.12. The highest BCUT2D eigenvalue weighted by atomic mass is 19.1. The van der Waals surface area contributed by atoms with Gasteiger partial charge in [-0.1, -0.05) is 37.6 Å². The van der Waals surface area contributed by atoms with E-state index in [1.54, 1.807) is 36.4 Å². The monoisotopic (exact) mass is 344 g/mol. The van der Waals surface area contributed by atoms with Crippen LogP contribution >= 0.6 is 0 Å². The number of unbranched alkanes of at least 4 members (excludes halogenated alkanes) is 1. The van der Waals surface area contributed by atoms with Crippen LogP contribution in [0, 0.1) is 5.82 Å². The van der Waals surface area contributed by atoms with Crippen LogP contribution in [0.1, 0.15) is 35.7 Å². The quantitative estimate of drug-likeness (QED) is 0.587. The zero-order chi connectivity index (χ0) is 18.1. The summed E-state index contributed by atoms with van der Waals surface area (Å²) in [6.45, 7) is 2.60. The molecule has 0 fully saturated rings. The maximum Gasteiger partial charge on any atom is 0.340 e. The Morgan fingerprint density at radius 3 is 2.52 bits per heavy atom. The van der Waals surface area contributed by atoms with Gasteiger partial charge in [0, 0.05) is 6.54 Å². The van der Waals surface area contributed by atoms with Crippen LogP contribution in [-0.4, -0.2) is 18.6 Å². The van der Waals surface area contributed by atoms with Crippen molar-refractivity contribution in [1.82, 2.24) is 5.32 Å². The van der Waals surface area contributed by atoms with Crippen LogP contribution in [0.25, 0.3) is 0 Å². The van der Waals surface area contributed by atoms with Gasteiger partial charge in [0.05, 0.1) is 17.9 Å². The molecule has 5 nitrogen and oxygen atoms in total. The Labute approximate surface area is 146 Å². The van der Waals surface area contributed by atoms with Crippen LogP contribution in [-0.2, 0) is 11.3 Å². The Hall–Kier alpha value is -2.89. The molecule has 0 bridgehead atoms. The normalized spacial score (nSPS) is 10.2. The van der Waals surface area contributed by atoms with Crippen LogP contribution in [0.5, 0.6) is 0 Å². The highest BCUT2D eigenvalue weighted by Gasteiger charge is 2.14. The lowest BCUT2D eigenvalue weighted by molar-refractivity contribution is 0.0501. The van der Waals surface area contributed by atoms with Gasteiger partial charge in [-0.2, -0.15) is 0 Å². The number of anilines is 1. The molecule has 0 radical (unpaired) electrons. The summed E-state index contributed by atoms with van der Waals surface area (Å²) < 4.78 is 18.0. The van der Waals surface area contributed by atoms with E-state index < -0.39 is 12.0 Å². The average molecular weight is 344 g/mol. The molecule has 0 atom stereocenters. The predicted molar refractivity (Wildman–Crippen MR) is 93.9 cm³/mol. The van der Waals surface area contributed by atoms with E-state index in [9.17, 15) is 14.0 Å². The largest absolute Gasteiger partial charge is 0.462 e. The molecule has 132 valence electrons. The first-order valence-electron chi connectivity index (χ1n) is 8.15. The standard InChI is InChI=1S/C19H21FN2O3/c1-2-3-12-25-18(23)16-6-4-5-7-17(16)22-19(24)21-13-14-8-10-15(20)11-9-14/h4-11H,2-3,12-13H2,1H3,(H2,21,22,24). The number of carbonyl (C=O) groups excluding carboxylic acids is 2. The molecular formula is C19H21FN2O3. The maximum atomic E-state index is 12.9. The summed E-state index contributed by atoms with van der Waals surface area (Å²) in [5.74, 6) is -0.799. The number of halogens is 1. The van der Waals surface area contributed by atoms with Crippen molar-refractivity contribution < 1.29 is 18.7 Å². The molecule has 2 amide bonds. The number of benzene rings is 2. The SMILES string of the molecule is CCCCOC(=O)c1ccccc1NC(=O)NCc1ccc(F)cc1. The minimum atomic E-state index is -0.470. The molecule has 2 aromatic rings. The number of ether oxygens (including phenoxy) is 1. The molecule has 0 saturated heterocycles. The Kier molecular flexibility index (Phi) is 6.95. The smallest absolute Gasteiger partial charge is 0.340 e. The van der Waals surface area contributed by atoms with E-state index in [1.807, 2.05) is 6.92 Å². The molecule has 2 aromatic carbocycles. The van der Waals surface area contributed by atoms with Gasteiger partial charge in [0.2, 0.25) is 0 Å². The minimum Gasteiger partial charge on any atom is -0.462 e. The molecule has 0 aliphatic heterocycles. The highest BCUT2D eigenvalue weighted by Crippen LogP contribution is 2.16. The summed E-state index contributed by atoms with van der Waals surface area (Å²) in [5.41, 5.74) is 1.44. The lowest BCUT2D eigenvalue weighted by Crippen LogP contribution is -2.29. The molecule has 0 saturated carbocycles. The number of hydrogen-bond donors (Lipinski definition) is 2. The number of urea groups is 1. The lowest BCUT2D eigenvalue weighted by atomic mass is 10.2. The van der Waals surface area contributed by atoms with Gasteiger partial charge in [0.25, 0.3) is 0 Å².